The van der Waals surface area contributed by atoms with Crippen LogP contribution in [0.15, 0.2) is 54.9 Å². The summed E-state index contributed by atoms with van der Waals surface area (Å²) in [6, 6.07) is 12.4. The van der Waals surface area contributed by atoms with Crippen molar-refractivity contribution in [3.63, 3.8) is 0 Å². The Morgan fingerprint density at radius 1 is 1.15 bits per heavy atom. The maximum Gasteiger partial charge on any atom is 0.321 e. The van der Waals surface area contributed by atoms with Crippen LogP contribution in [0.4, 0.5) is 10.2 Å². The van der Waals surface area contributed by atoms with Crippen LogP contribution < -0.4 is 14.4 Å². The van der Waals surface area contributed by atoms with Crippen molar-refractivity contribution >= 4 is 39.9 Å². The molecule has 1 atom stereocenters. The number of fused-ring (bicyclic) bond motifs is 2. The molecule has 2 saturated heterocycles. The summed E-state index contributed by atoms with van der Waals surface area (Å²) in [7, 11) is 2.10. The van der Waals surface area contributed by atoms with Crippen LogP contribution in [0.2, 0.25) is 5.02 Å². The number of nitrogens with zero attached hydrogens (tertiary/aromatic N) is 5. The number of benzene rings is 2. The van der Waals surface area contributed by atoms with E-state index in [4.69, 9.17) is 31.0 Å². The summed E-state index contributed by atoms with van der Waals surface area (Å²) in [5.41, 5.74) is 1.73. The molecule has 0 radical (unpaired) electrons. The van der Waals surface area contributed by atoms with Gasteiger partial charge < -0.3 is 24.2 Å². The fourth-order valence-electron chi connectivity index (χ4n) is 5.68. The molecule has 1 aromatic heterocycles. The molecule has 2 aromatic carbocycles. The number of allylic oxidation sites excluding steroid dienone is 1. The van der Waals surface area contributed by atoms with Crippen molar-refractivity contribution in [1.29, 1.82) is 0 Å². The largest absolute Gasteiger partial charge is 0.462 e. The topological polar surface area (TPSA) is 71.0 Å². The third-order valence-corrected chi connectivity index (χ3v) is 8.23. The van der Waals surface area contributed by atoms with Crippen molar-refractivity contribution in [2.45, 2.75) is 25.3 Å². The van der Waals surface area contributed by atoms with E-state index in [2.05, 4.69) is 23.4 Å². The molecule has 0 spiro atoms. The lowest BCUT2D eigenvalue weighted by Gasteiger charge is -2.36. The van der Waals surface area contributed by atoms with E-state index in [1.54, 1.807) is 0 Å². The van der Waals surface area contributed by atoms with Crippen molar-refractivity contribution in [3.05, 3.63) is 71.0 Å². The monoisotopic (exact) mass is 563 g/mol. The molecule has 0 saturated carbocycles. The van der Waals surface area contributed by atoms with E-state index in [0.29, 0.717) is 67.7 Å². The summed E-state index contributed by atoms with van der Waals surface area (Å²) in [6.45, 7) is 6.38. The molecule has 208 valence electrons. The molecule has 1 amide bonds. The first kappa shape index (κ1) is 26.5. The van der Waals surface area contributed by atoms with Gasteiger partial charge in [-0.25, -0.2) is 4.39 Å². The Hall–Kier alpha value is -3.69. The molecule has 0 aliphatic carbocycles. The molecule has 3 aliphatic heterocycles. The smallest absolute Gasteiger partial charge is 0.321 e. The molecule has 1 unspecified atom stereocenters. The SMILES string of the molecule is C=C(F)C(=O)N1CCN(c2nc(OCC3CCCN3C)nc3c2CC=C(c2cccc4cccc(Cl)c24)O3)CC1. The van der Waals surface area contributed by atoms with Gasteiger partial charge in [0, 0.05) is 54.6 Å². The van der Waals surface area contributed by atoms with Crippen LogP contribution in [0.1, 0.15) is 24.0 Å². The highest BCUT2D eigenvalue weighted by atomic mass is 35.5. The Bertz CT molecular complexity index is 1500. The Kier molecular flexibility index (Phi) is 7.33. The summed E-state index contributed by atoms with van der Waals surface area (Å²) < 4.78 is 26.0. The predicted molar refractivity (Wildman–Crippen MR) is 153 cm³/mol. The van der Waals surface area contributed by atoms with Crippen LogP contribution >= 0.6 is 11.6 Å². The maximum absolute atomic E-state index is 13.4. The van der Waals surface area contributed by atoms with Crippen molar-refractivity contribution in [1.82, 2.24) is 19.8 Å². The number of carbonyl (C=O) groups is 1. The summed E-state index contributed by atoms with van der Waals surface area (Å²) in [4.78, 5) is 27.4. The van der Waals surface area contributed by atoms with Crippen LogP contribution in [0, 0.1) is 0 Å². The summed E-state index contributed by atoms with van der Waals surface area (Å²) in [5.74, 6) is 0.210. The Morgan fingerprint density at radius 3 is 2.65 bits per heavy atom. The average Bonchev–Trinajstić information content (AvgIpc) is 3.39. The highest BCUT2D eigenvalue weighted by Gasteiger charge is 2.30. The van der Waals surface area contributed by atoms with E-state index in [-0.39, 0.29) is 6.01 Å². The lowest BCUT2D eigenvalue weighted by atomic mass is 10.0. The number of piperazine rings is 1. The minimum Gasteiger partial charge on any atom is -0.462 e. The Morgan fingerprint density at radius 2 is 1.93 bits per heavy atom. The zero-order chi connectivity index (χ0) is 27.8. The van der Waals surface area contributed by atoms with E-state index < -0.39 is 11.7 Å². The normalized spacial score (nSPS) is 19.3. The average molecular weight is 564 g/mol. The minimum atomic E-state index is -0.944. The van der Waals surface area contributed by atoms with Gasteiger partial charge in [0.2, 0.25) is 5.88 Å². The van der Waals surface area contributed by atoms with Crippen LogP contribution in [0.5, 0.6) is 11.9 Å². The van der Waals surface area contributed by atoms with E-state index in [0.717, 1.165) is 41.3 Å². The molecule has 3 aromatic rings. The number of anilines is 1. The standard InChI is InChI=1S/C30H31ClFN5O3/c1-19(32)29(38)37-16-14-36(15-17-37)27-23-11-12-25(22-9-3-6-20-7-4-10-24(31)26(20)22)40-28(23)34-30(33-27)39-18-21-8-5-13-35(21)2/h3-4,6-7,9-10,12,21H,1,5,8,11,13-18H2,2H3. The highest BCUT2D eigenvalue weighted by Crippen LogP contribution is 2.39. The second kappa shape index (κ2) is 11.1. The first-order chi connectivity index (χ1) is 19.4. The molecule has 0 bridgehead atoms. The van der Waals surface area contributed by atoms with Gasteiger partial charge in [-0.15, -0.1) is 0 Å². The van der Waals surface area contributed by atoms with E-state index in [9.17, 15) is 9.18 Å². The molecular formula is C30H31ClFN5O3. The Balaban J connectivity index is 1.32. The predicted octanol–water partition coefficient (Wildman–Crippen LogP) is 4.86. The van der Waals surface area contributed by atoms with Crippen molar-refractivity contribution in [2.24, 2.45) is 0 Å². The van der Waals surface area contributed by atoms with Gasteiger partial charge in [0.15, 0.2) is 5.83 Å². The van der Waals surface area contributed by atoms with Gasteiger partial charge in [-0.1, -0.05) is 48.5 Å². The molecule has 3 aliphatic rings. The number of ether oxygens (including phenoxy) is 2. The number of aromatic nitrogens is 2. The summed E-state index contributed by atoms with van der Waals surface area (Å²) in [6.07, 6.45) is 4.77. The third kappa shape index (κ3) is 5.11. The quantitative estimate of drug-likeness (QED) is 0.397. The number of hydrogen-bond acceptors (Lipinski definition) is 7. The number of hydrogen-bond donors (Lipinski definition) is 0. The fourth-order valence-corrected chi connectivity index (χ4v) is 5.97. The van der Waals surface area contributed by atoms with Crippen LogP contribution in [-0.4, -0.2) is 78.1 Å². The number of carbonyl (C=O) groups excluding carboxylic acids is 1. The Labute approximate surface area is 237 Å². The van der Waals surface area contributed by atoms with Crippen LogP contribution in [-0.2, 0) is 11.2 Å². The van der Waals surface area contributed by atoms with Gasteiger partial charge in [-0.05, 0) is 44.0 Å². The maximum atomic E-state index is 13.4. The van der Waals surface area contributed by atoms with Crippen molar-refractivity contribution < 1.29 is 18.7 Å². The van der Waals surface area contributed by atoms with Gasteiger partial charge in [0.05, 0.1) is 5.56 Å². The molecule has 2 fully saturated rings. The minimum absolute atomic E-state index is 0.252. The first-order valence-electron chi connectivity index (χ1n) is 13.6. The van der Waals surface area contributed by atoms with E-state index in [1.807, 2.05) is 42.5 Å². The molecule has 0 N–H and O–H groups in total. The second-order valence-corrected chi connectivity index (χ2v) is 10.8. The number of rotatable bonds is 6. The molecule has 4 heterocycles. The number of likely N-dealkylation sites (N-methyl/N-ethyl adjacent to an activating group) is 1. The van der Waals surface area contributed by atoms with Crippen molar-refractivity contribution in [3.8, 4) is 11.9 Å². The number of halogens is 2. The summed E-state index contributed by atoms with van der Waals surface area (Å²) in [5, 5.41) is 2.60. The number of likely N-dealkylation sites (tertiary alicyclic amines) is 1. The number of amides is 1. The van der Waals surface area contributed by atoms with Gasteiger partial charge in [0.1, 0.15) is 18.2 Å². The molecule has 8 nitrogen and oxygen atoms in total. The van der Waals surface area contributed by atoms with Gasteiger partial charge in [0.25, 0.3) is 5.91 Å². The zero-order valence-electron chi connectivity index (χ0n) is 22.4. The molecule has 40 heavy (non-hydrogen) atoms. The first-order valence-corrected chi connectivity index (χ1v) is 13.9. The third-order valence-electron chi connectivity index (χ3n) is 7.92. The summed E-state index contributed by atoms with van der Waals surface area (Å²) >= 11 is 6.61. The second-order valence-electron chi connectivity index (χ2n) is 10.4. The highest BCUT2D eigenvalue weighted by molar-refractivity contribution is 6.36. The molecular weight excluding hydrogens is 533 g/mol. The molecule has 6 rings (SSSR count). The lowest BCUT2D eigenvalue weighted by Crippen LogP contribution is -2.49. The van der Waals surface area contributed by atoms with Crippen molar-refractivity contribution in [2.75, 3.05) is 51.3 Å². The van der Waals surface area contributed by atoms with Gasteiger partial charge >= 0.3 is 6.01 Å². The zero-order valence-corrected chi connectivity index (χ0v) is 23.2. The van der Waals surface area contributed by atoms with Gasteiger partial charge in [-0.2, -0.15) is 9.97 Å². The fraction of sp³-hybridized carbons (Fsp3) is 0.367. The van der Waals surface area contributed by atoms with E-state index in [1.165, 1.54) is 4.90 Å². The van der Waals surface area contributed by atoms with Gasteiger partial charge in [-0.3, -0.25) is 4.79 Å². The van der Waals surface area contributed by atoms with E-state index >= 15 is 0 Å². The molecule has 10 heteroatoms. The lowest BCUT2D eigenvalue weighted by molar-refractivity contribution is -0.128. The van der Waals surface area contributed by atoms with Crippen LogP contribution in [0.25, 0.3) is 16.5 Å². The van der Waals surface area contributed by atoms with Crippen LogP contribution in [0.3, 0.4) is 0 Å².